The van der Waals surface area contributed by atoms with Gasteiger partial charge in [0, 0.05) is 56.2 Å². The summed E-state index contributed by atoms with van der Waals surface area (Å²) in [7, 11) is 1.60. The van der Waals surface area contributed by atoms with E-state index < -0.39 is 11.6 Å². The monoisotopic (exact) mass is 372 g/mol. The van der Waals surface area contributed by atoms with Gasteiger partial charge in [0.1, 0.15) is 0 Å². The molecular weight excluding hydrogens is 348 g/mol. The zero-order valence-electron chi connectivity index (χ0n) is 15.3. The molecule has 3 heterocycles. The molecule has 0 radical (unpaired) electrons. The third-order valence-electron chi connectivity index (χ3n) is 4.93. The Morgan fingerprint density at radius 3 is 2.89 bits per heavy atom. The summed E-state index contributed by atoms with van der Waals surface area (Å²) in [4.78, 5) is 34.8. The summed E-state index contributed by atoms with van der Waals surface area (Å²) in [6.45, 7) is 1.35. The van der Waals surface area contributed by atoms with E-state index in [-0.39, 0.29) is 25.3 Å². The van der Waals surface area contributed by atoms with Gasteiger partial charge in [0.2, 0.25) is 5.91 Å². The van der Waals surface area contributed by atoms with Gasteiger partial charge in [-0.25, -0.2) is 0 Å². The van der Waals surface area contributed by atoms with Crippen LogP contribution in [0.1, 0.15) is 25.7 Å². The second kappa shape index (κ2) is 7.87. The zero-order chi connectivity index (χ0) is 19.4. The van der Waals surface area contributed by atoms with Gasteiger partial charge in [-0.15, -0.1) is 0 Å². The molecule has 27 heavy (non-hydrogen) atoms. The molecule has 8 heteroatoms. The number of piperidine rings is 1. The number of nitrogens with zero attached hydrogens (tertiary/aromatic N) is 4. The summed E-state index contributed by atoms with van der Waals surface area (Å²) in [5.41, 5.74) is 0.757. The molecule has 2 N–H and O–H groups in total. The van der Waals surface area contributed by atoms with Gasteiger partial charge >= 0.3 is 5.97 Å². The molecule has 0 saturated carbocycles. The normalized spacial score (nSPS) is 19.9. The fourth-order valence-electron chi connectivity index (χ4n) is 3.63. The fraction of sp³-hybridized carbons (Fsp3) is 0.474. The lowest BCUT2D eigenvalue weighted by Crippen LogP contribution is -2.54. The number of aliphatic carboxylic acids is 1. The smallest absolute Gasteiger partial charge is 0.303 e. The van der Waals surface area contributed by atoms with Crippen LogP contribution in [0.2, 0.25) is 0 Å². The Labute approximate surface area is 157 Å². The number of rotatable bonds is 6. The first-order valence-corrected chi connectivity index (χ1v) is 9.00. The minimum atomic E-state index is -1.05. The highest BCUT2D eigenvalue weighted by atomic mass is 16.4. The average Bonchev–Trinajstić information content (AvgIpc) is 2.65. The van der Waals surface area contributed by atoms with E-state index in [0.29, 0.717) is 13.0 Å². The van der Waals surface area contributed by atoms with Gasteiger partial charge in [0.05, 0.1) is 24.1 Å². The minimum absolute atomic E-state index is 0.0632. The summed E-state index contributed by atoms with van der Waals surface area (Å²) in [6, 6.07) is 3.77. The van der Waals surface area contributed by atoms with E-state index in [9.17, 15) is 14.7 Å². The van der Waals surface area contributed by atoms with Crippen molar-refractivity contribution in [2.45, 2.75) is 31.3 Å². The Morgan fingerprint density at radius 2 is 2.11 bits per heavy atom. The van der Waals surface area contributed by atoms with Gasteiger partial charge < -0.3 is 20.0 Å². The molecule has 8 nitrogen and oxygen atoms in total. The van der Waals surface area contributed by atoms with E-state index in [1.807, 2.05) is 12.1 Å². The summed E-state index contributed by atoms with van der Waals surface area (Å²) in [6.07, 6.45) is 6.32. The van der Waals surface area contributed by atoms with Crippen LogP contribution in [0.5, 0.6) is 0 Å². The number of pyridine rings is 2. The number of amides is 1. The van der Waals surface area contributed by atoms with Crippen LogP contribution in [0, 0.1) is 0 Å². The predicted octanol–water partition coefficient (Wildman–Crippen LogP) is 1.28. The van der Waals surface area contributed by atoms with E-state index >= 15 is 0 Å². The second-order valence-electron chi connectivity index (χ2n) is 7.12. The number of β-amino-alcohol motifs (C(OH)–C–C–N with tert-alkyl or cyclic N) is 1. The van der Waals surface area contributed by atoms with Crippen molar-refractivity contribution in [3.8, 4) is 0 Å². The van der Waals surface area contributed by atoms with Crippen LogP contribution in [0.25, 0.3) is 10.9 Å². The number of anilines is 1. The average molecular weight is 372 g/mol. The zero-order valence-corrected chi connectivity index (χ0v) is 15.3. The number of aliphatic hydroxyl groups is 1. The van der Waals surface area contributed by atoms with Gasteiger partial charge in [0.15, 0.2) is 0 Å². The van der Waals surface area contributed by atoms with Crippen molar-refractivity contribution < 1.29 is 19.8 Å². The number of aromatic nitrogens is 2. The van der Waals surface area contributed by atoms with Gasteiger partial charge in [-0.3, -0.25) is 19.6 Å². The second-order valence-corrected chi connectivity index (χ2v) is 7.12. The molecule has 144 valence electrons. The van der Waals surface area contributed by atoms with Crippen LogP contribution in [0.15, 0.2) is 30.7 Å². The number of carbonyl (C=O) groups excluding carboxylic acids is 1. The number of carboxylic acid groups (broad SMARTS) is 1. The number of likely N-dealkylation sites (N-methyl/N-ethyl adjacent to an activating group) is 1. The topological polar surface area (TPSA) is 107 Å². The number of fused-ring (bicyclic) bond motifs is 1. The molecule has 1 saturated heterocycles. The largest absolute Gasteiger partial charge is 0.481 e. The lowest BCUT2D eigenvalue weighted by atomic mass is 9.91. The van der Waals surface area contributed by atoms with E-state index in [1.54, 1.807) is 25.6 Å². The van der Waals surface area contributed by atoms with Gasteiger partial charge in [-0.05, 0) is 25.0 Å². The van der Waals surface area contributed by atoms with Gasteiger partial charge in [0.25, 0.3) is 0 Å². The van der Waals surface area contributed by atoms with Crippen LogP contribution in [-0.4, -0.2) is 69.2 Å². The van der Waals surface area contributed by atoms with Crippen LogP contribution in [0.3, 0.4) is 0 Å². The molecule has 0 spiro atoms. The third kappa shape index (κ3) is 4.51. The molecule has 0 bridgehead atoms. The molecule has 1 aliphatic rings. The summed E-state index contributed by atoms with van der Waals surface area (Å²) in [5, 5.41) is 20.7. The molecule has 1 amide bonds. The van der Waals surface area contributed by atoms with Crippen molar-refractivity contribution in [2.24, 2.45) is 0 Å². The maximum Gasteiger partial charge on any atom is 0.303 e. The molecular formula is C19H24N4O4. The van der Waals surface area contributed by atoms with E-state index in [1.165, 1.54) is 4.90 Å². The summed E-state index contributed by atoms with van der Waals surface area (Å²) in [5.74, 6) is -1.28. The minimum Gasteiger partial charge on any atom is -0.481 e. The molecule has 3 rings (SSSR count). The van der Waals surface area contributed by atoms with Crippen LogP contribution >= 0.6 is 0 Å². The van der Waals surface area contributed by atoms with Crippen molar-refractivity contribution >= 4 is 28.5 Å². The first-order chi connectivity index (χ1) is 12.9. The quantitative estimate of drug-likeness (QED) is 0.787. The predicted molar refractivity (Wildman–Crippen MR) is 100 cm³/mol. The standard InChI is InChI=1S/C19H24N4O4/c1-22(17(24)3-4-18(25)26)12-19(27)7-2-10-23(13-19)16-6-9-21-15-5-8-20-11-14(15)16/h5-6,8-9,11,27H,2-4,7,10,12-13H2,1H3,(H,25,26)/t19-/m1/s1. The van der Waals surface area contributed by atoms with Gasteiger partial charge in [-0.2, -0.15) is 0 Å². The molecule has 2 aromatic rings. The maximum absolute atomic E-state index is 12.1. The lowest BCUT2D eigenvalue weighted by molar-refractivity contribution is -0.141. The lowest BCUT2D eigenvalue weighted by Gasteiger charge is -2.42. The Bertz CT molecular complexity index is 838. The van der Waals surface area contributed by atoms with Crippen LogP contribution in [0.4, 0.5) is 5.69 Å². The SMILES string of the molecule is CN(C[C@]1(O)CCCN(c2ccnc3ccncc23)C1)C(=O)CCC(=O)O. The first-order valence-electron chi connectivity index (χ1n) is 9.00. The Balaban J connectivity index is 1.72. The van der Waals surface area contributed by atoms with Crippen LogP contribution < -0.4 is 4.90 Å². The third-order valence-corrected chi connectivity index (χ3v) is 4.93. The Morgan fingerprint density at radius 1 is 1.30 bits per heavy atom. The highest BCUT2D eigenvalue weighted by molar-refractivity contribution is 5.90. The van der Waals surface area contributed by atoms with E-state index in [0.717, 1.165) is 29.6 Å². The van der Waals surface area contributed by atoms with E-state index in [2.05, 4.69) is 14.9 Å². The molecule has 0 unspecified atom stereocenters. The maximum atomic E-state index is 12.1. The van der Waals surface area contributed by atoms with E-state index in [4.69, 9.17) is 5.11 Å². The van der Waals surface area contributed by atoms with Gasteiger partial charge in [-0.1, -0.05) is 0 Å². The highest BCUT2D eigenvalue weighted by Crippen LogP contribution is 2.30. The fourth-order valence-corrected chi connectivity index (χ4v) is 3.63. The number of hydrogen-bond acceptors (Lipinski definition) is 6. The molecule has 0 aliphatic carbocycles. The van der Waals surface area contributed by atoms with Crippen molar-refractivity contribution in [2.75, 3.05) is 31.6 Å². The van der Waals surface area contributed by atoms with Crippen molar-refractivity contribution in [3.63, 3.8) is 0 Å². The highest BCUT2D eigenvalue weighted by Gasteiger charge is 2.36. The molecule has 0 aromatic carbocycles. The Hall–Kier alpha value is -2.74. The van der Waals surface area contributed by atoms with Crippen molar-refractivity contribution in [1.29, 1.82) is 0 Å². The first kappa shape index (κ1) is 19.0. The number of carboxylic acids is 1. The molecule has 2 aromatic heterocycles. The summed E-state index contributed by atoms with van der Waals surface area (Å²) >= 11 is 0. The summed E-state index contributed by atoms with van der Waals surface area (Å²) < 4.78 is 0. The molecule has 1 aliphatic heterocycles. The molecule has 1 fully saturated rings. The molecule has 1 atom stereocenters. The van der Waals surface area contributed by atoms with Crippen molar-refractivity contribution in [1.82, 2.24) is 14.9 Å². The number of carbonyl (C=O) groups is 2. The Kier molecular flexibility index (Phi) is 5.55. The van der Waals surface area contributed by atoms with Crippen LogP contribution in [-0.2, 0) is 9.59 Å². The van der Waals surface area contributed by atoms with Crippen molar-refractivity contribution in [3.05, 3.63) is 30.7 Å². The number of hydrogen-bond donors (Lipinski definition) is 2.